The first-order chi connectivity index (χ1) is 13.2. The van der Waals surface area contributed by atoms with Crippen molar-refractivity contribution in [3.8, 4) is 0 Å². The van der Waals surface area contributed by atoms with Crippen LogP contribution < -0.4 is 5.32 Å². The van der Waals surface area contributed by atoms with Gasteiger partial charge in [0.15, 0.2) is 0 Å². The van der Waals surface area contributed by atoms with Crippen molar-refractivity contribution < 1.29 is 5.11 Å². The van der Waals surface area contributed by atoms with E-state index in [1.807, 2.05) is 54.6 Å². The average Bonchev–Trinajstić information content (AvgIpc) is 2.72. The number of pyridine rings is 2. The number of benzene rings is 2. The first kappa shape index (κ1) is 17.2. The van der Waals surface area contributed by atoms with Crippen LogP contribution in [0.2, 0.25) is 0 Å². The van der Waals surface area contributed by atoms with Gasteiger partial charge in [-0.25, -0.2) is 4.98 Å². The predicted molar refractivity (Wildman–Crippen MR) is 109 cm³/mol. The molecule has 0 fully saturated rings. The van der Waals surface area contributed by atoms with Crippen LogP contribution in [0, 0.1) is 6.92 Å². The molecule has 4 rings (SSSR count). The fourth-order valence-electron chi connectivity index (χ4n) is 3.27. The van der Waals surface area contributed by atoms with Gasteiger partial charge in [0.05, 0.1) is 23.9 Å². The minimum Gasteiger partial charge on any atom is -0.392 e. The Labute approximate surface area is 158 Å². The Hall–Kier alpha value is -3.24. The second-order valence-corrected chi connectivity index (χ2v) is 6.59. The smallest absolute Gasteiger partial charge is 0.133 e. The lowest BCUT2D eigenvalue weighted by molar-refractivity contribution is 0.282. The van der Waals surface area contributed by atoms with Crippen LogP contribution in [0.1, 0.15) is 28.4 Å². The zero-order valence-corrected chi connectivity index (χ0v) is 15.1. The summed E-state index contributed by atoms with van der Waals surface area (Å²) in [5, 5.41) is 14.4. The first-order valence-electron chi connectivity index (χ1n) is 8.98. The van der Waals surface area contributed by atoms with Crippen LogP contribution in [0.25, 0.3) is 10.9 Å². The first-order valence-corrected chi connectivity index (χ1v) is 8.98. The van der Waals surface area contributed by atoms with Crippen LogP contribution in [0.5, 0.6) is 0 Å². The lowest BCUT2D eigenvalue weighted by Gasteiger charge is -2.21. The quantitative estimate of drug-likeness (QED) is 0.548. The van der Waals surface area contributed by atoms with Crippen molar-refractivity contribution in [2.75, 3.05) is 5.32 Å². The molecule has 0 radical (unpaired) electrons. The largest absolute Gasteiger partial charge is 0.392 e. The molecular formula is C23H21N3O. The van der Waals surface area contributed by atoms with Crippen molar-refractivity contribution in [3.63, 3.8) is 0 Å². The highest BCUT2D eigenvalue weighted by molar-refractivity contribution is 5.81. The molecule has 1 unspecified atom stereocenters. The van der Waals surface area contributed by atoms with E-state index in [1.54, 1.807) is 6.20 Å². The van der Waals surface area contributed by atoms with Crippen molar-refractivity contribution in [1.29, 1.82) is 0 Å². The summed E-state index contributed by atoms with van der Waals surface area (Å²) in [4.78, 5) is 9.31. The molecule has 2 aromatic heterocycles. The standard InChI is InChI=1S/C23H21N3O/c1-16-7-6-9-18(13-16)22(21-11-4-5-12-24-21)26-23-19(15-27)14-17-8-2-3-10-20(17)25-23/h2-14,22,27H,15H2,1H3,(H,25,26). The van der Waals surface area contributed by atoms with Gasteiger partial charge in [-0.2, -0.15) is 0 Å². The Bertz CT molecular complexity index is 1060. The van der Waals surface area contributed by atoms with Crippen LogP contribution in [0.3, 0.4) is 0 Å². The Kier molecular flexibility index (Phi) is 4.81. The number of para-hydroxylation sites is 1. The molecule has 0 aliphatic heterocycles. The predicted octanol–water partition coefficient (Wildman–Crippen LogP) is 4.63. The number of aliphatic hydroxyl groups excluding tert-OH is 1. The molecule has 0 aliphatic carbocycles. The van der Waals surface area contributed by atoms with Gasteiger partial charge < -0.3 is 10.4 Å². The summed E-state index contributed by atoms with van der Waals surface area (Å²) in [5.41, 5.74) is 4.85. The molecule has 0 saturated heterocycles. The average molecular weight is 355 g/mol. The van der Waals surface area contributed by atoms with Gasteiger partial charge >= 0.3 is 0 Å². The molecule has 1 atom stereocenters. The molecule has 2 aromatic carbocycles. The van der Waals surface area contributed by atoms with Gasteiger partial charge in [0.25, 0.3) is 0 Å². The van der Waals surface area contributed by atoms with Crippen LogP contribution in [0.4, 0.5) is 5.82 Å². The number of fused-ring (bicyclic) bond motifs is 1. The number of hydrogen-bond donors (Lipinski definition) is 2. The number of aryl methyl sites for hydroxylation is 1. The Morgan fingerprint density at radius 1 is 0.963 bits per heavy atom. The van der Waals surface area contributed by atoms with E-state index in [4.69, 9.17) is 4.98 Å². The zero-order chi connectivity index (χ0) is 18.6. The summed E-state index contributed by atoms with van der Waals surface area (Å²) in [6.07, 6.45) is 1.79. The summed E-state index contributed by atoms with van der Waals surface area (Å²) >= 11 is 0. The van der Waals surface area contributed by atoms with E-state index in [9.17, 15) is 5.11 Å². The molecule has 4 heteroatoms. The Morgan fingerprint density at radius 2 is 1.81 bits per heavy atom. The lowest BCUT2D eigenvalue weighted by Crippen LogP contribution is -2.16. The summed E-state index contributed by atoms with van der Waals surface area (Å²) in [7, 11) is 0. The Balaban J connectivity index is 1.81. The van der Waals surface area contributed by atoms with Gasteiger partial charge in [-0.05, 0) is 36.8 Å². The van der Waals surface area contributed by atoms with Crippen LogP contribution in [0.15, 0.2) is 79.0 Å². The number of hydrogen-bond acceptors (Lipinski definition) is 4. The van der Waals surface area contributed by atoms with Gasteiger partial charge in [-0.1, -0.05) is 54.1 Å². The van der Waals surface area contributed by atoms with E-state index >= 15 is 0 Å². The Morgan fingerprint density at radius 3 is 2.59 bits per heavy atom. The molecule has 134 valence electrons. The topological polar surface area (TPSA) is 58.0 Å². The van der Waals surface area contributed by atoms with Gasteiger partial charge in [-0.15, -0.1) is 0 Å². The van der Waals surface area contributed by atoms with E-state index in [2.05, 4.69) is 35.4 Å². The molecule has 27 heavy (non-hydrogen) atoms. The summed E-state index contributed by atoms with van der Waals surface area (Å²) in [6.45, 7) is 2.00. The third kappa shape index (κ3) is 3.66. The fourth-order valence-corrected chi connectivity index (χ4v) is 3.27. The van der Waals surface area contributed by atoms with Crippen molar-refractivity contribution in [1.82, 2.24) is 9.97 Å². The maximum atomic E-state index is 9.88. The maximum Gasteiger partial charge on any atom is 0.133 e. The number of aromatic nitrogens is 2. The minimum atomic E-state index is -0.162. The third-order valence-electron chi connectivity index (χ3n) is 4.61. The summed E-state index contributed by atoms with van der Waals surface area (Å²) in [6, 6.07) is 24.0. The molecular weight excluding hydrogens is 334 g/mol. The number of nitrogens with zero attached hydrogens (tertiary/aromatic N) is 2. The molecule has 0 aliphatic rings. The highest BCUT2D eigenvalue weighted by Crippen LogP contribution is 2.28. The molecule has 4 aromatic rings. The van der Waals surface area contributed by atoms with Gasteiger partial charge in [0.2, 0.25) is 0 Å². The summed E-state index contributed by atoms with van der Waals surface area (Å²) in [5.74, 6) is 0.674. The monoisotopic (exact) mass is 355 g/mol. The van der Waals surface area contributed by atoms with Crippen molar-refractivity contribution >= 4 is 16.7 Å². The van der Waals surface area contributed by atoms with E-state index in [0.717, 1.165) is 27.7 Å². The zero-order valence-electron chi connectivity index (χ0n) is 15.1. The van der Waals surface area contributed by atoms with E-state index < -0.39 is 0 Å². The van der Waals surface area contributed by atoms with Crippen LogP contribution in [-0.2, 0) is 6.61 Å². The van der Waals surface area contributed by atoms with Crippen molar-refractivity contribution in [2.24, 2.45) is 0 Å². The second kappa shape index (κ2) is 7.56. The normalized spacial score (nSPS) is 12.1. The highest BCUT2D eigenvalue weighted by atomic mass is 16.3. The van der Waals surface area contributed by atoms with Crippen molar-refractivity contribution in [3.05, 3.63) is 101 Å². The molecule has 0 bridgehead atoms. The molecule has 2 N–H and O–H groups in total. The highest BCUT2D eigenvalue weighted by Gasteiger charge is 2.18. The van der Waals surface area contributed by atoms with Crippen LogP contribution in [-0.4, -0.2) is 15.1 Å². The van der Waals surface area contributed by atoms with Gasteiger partial charge in [0.1, 0.15) is 5.82 Å². The number of rotatable bonds is 5. The fraction of sp³-hybridized carbons (Fsp3) is 0.130. The molecule has 0 saturated carbocycles. The van der Waals surface area contributed by atoms with Crippen LogP contribution >= 0.6 is 0 Å². The SMILES string of the molecule is Cc1cccc(C(Nc2nc3ccccc3cc2CO)c2ccccn2)c1. The minimum absolute atomic E-state index is 0.0804. The van der Waals surface area contributed by atoms with E-state index in [1.165, 1.54) is 5.56 Å². The van der Waals surface area contributed by atoms with Crippen molar-refractivity contribution in [2.45, 2.75) is 19.6 Å². The summed E-state index contributed by atoms with van der Waals surface area (Å²) < 4.78 is 0. The molecule has 4 nitrogen and oxygen atoms in total. The molecule has 0 spiro atoms. The second-order valence-electron chi connectivity index (χ2n) is 6.59. The lowest BCUT2D eigenvalue weighted by atomic mass is 10.0. The number of nitrogens with one attached hydrogen (secondary N) is 1. The third-order valence-corrected chi connectivity index (χ3v) is 4.61. The maximum absolute atomic E-state index is 9.88. The molecule has 0 amide bonds. The number of anilines is 1. The van der Waals surface area contributed by atoms with Gasteiger partial charge in [0, 0.05) is 17.1 Å². The van der Waals surface area contributed by atoms with Gasteiger partial charge in [-0.3, -0.25) is 4.98 Å². The van der Waals surface area contributed by atoms with E-state index in [0.29, 0.717) is 5.82 Å². The van der Waals surface area contributed by atoms with E-state index in [-0.39, 0.29) is 12.6 Å². The number of aliphatic hydroxyl groups is 1. The molecule has 2 heterocycles.